The van der Waals surface area contributed by atoms with Gasteiger partial charge in [0.05, 0.1) is 16.1 Å². The Labute approximate surface area is 139 Å². The second kappa shape index (κ2) is 6.38. The van der Waals surface area contributed by atoms with Crippen molar-refractivity contribution < 1.29 is 4.79 Å². The van der Waals surface area contributed by atoms with Crippen LogP contribution in [0.25, 0.3) is 10.9 Å². The molecule has 1 N–H and O–H groups in total. The van der Waals surface area contributed by atoms with Gasteiger partial charge in [0, 0.05) is 43.5 Å². The molecule has 2 aromatic heterocycles. The van der Waals surface area contributed by atoms with Crippen LogP contribution >= 0.6 is 11.6 Å². The summed E-state index contributed by atoms with van der Waals surface area (Å²) in [6, 6.07) is 7.25. The van der Waals surface area contributed by atoms with E-state index in [1.54, 1.807) is 18.3 Å². The molecule has 1 aromatic carbocycles. The molecule has 0 aliphatic heterocycles. The molecule has 5 nitrogen and oxygen atoms in total. The van der Waals surface area contributed by atoms with Crippen molar-refractivity contribution in [2.45, 2.75) is 13.3 Å². The van der Waals surface area contributed by atoms with Gasteiger partial charge in [0.15, 0.2) is 0 Å². The fraction of sp³-hybridized carbons (Fsp3) is 0.235. The number of hydrogen-bond donors (Lipinski definition) is 1. The van der Waals surface area contributed by atoms with Crippen molar-refractivity contribution >= 4 is 28.4 Å². The number of pyridine rings is 1. The molecule has 23 heavy (non-hydrogen) atoms. The van der Waals surface area contributed by atoms with Crippen LogP contribution in [0.15, 0.2) is 36.7 Å². The van der Waals surface area contributed by atoms with Crippen LogP contribution in [0.4, 0.5) is 0 Å². The first kappa shape index (κ1) is 15.5. The molecule has 6 heteroatoms. The number of amides is 1. The van der Waals surface area contributed by atoms with E-state index < -0.39 is 0 Å². The van der Waals surface area contributed by atoms with E-state index in [0.717, 1.165) is 16.9 Å². The molecule has 0 saturated heterocycles. The average Bonchev–Trinajstić information content (AvgIpc) is 2.93. The second-order valence-electron chi connectivity index (χ2n) is 5.41. The van der Waals surface area contributed by atoms with Gasteiger partial charge in [0.1, 0.15) is 5.82 Å². The minimum absolute atomic E-state index is 0.128. The van der Waals surface area contributed by atoms with Gasteiger partial charge in [-0.3, -0.25) is 9.78 Å². The molecule has 0 unspecified atom stereocenters. The molecule has 118 valence electrons. The van der Waals surface area contributed by atoms with Crippen molar-refractivity contribution in [1.29, 1.82) is 0 Å². The van der Waals surface area contributed by atoms with Crippen LogP contribution in [-0.2, 0) is 13.5 Å². The second-order valence-corrected chi connectivity index (χ2v) is 5.81. The highest BCUT2D eigenvalue weighted by atomic mass is 35.5. The van der Waals surface area contributed by atoms with Crippen LogP contribution in [0.5, 0.6) is 0 Å². The number of nitrogens with one attached hydrogen (secondary N) is 1. The van der Waals surface area contributed by atoms with Crippen LogP contribution in [0, 0.1) is 6.92 Å². The zero-order chi connectivity index (χ0) is 16.4. The minimum atomic E-state index is -0.128. The molecule has 3 rings (SSSR count). The van der Waals surface area contributed by atoms with E-state index in [-0.39, 0.29) is 5.91 Å². The van der Waals surface area contributed by atoms with E-state index >= 15 is 0 Å². The zero-order valence-electron chi connectivity index (χ0n) is 13.0. The molecule has 2 heterocycles. The van der Waals surface area contributed by atoms with Gasteiger partial charge in [-0.05, 0) is 19.1 Å². The molecule has 0 radical (unpaired) electrons. The number of benzene rings is 1. The Bertz CT molecular complexity index is 872. The molecular weight excluding hydrogens is 312 g/mol. The minimum Gasteiger partial charge on any atom is -0.352 e. The summed E-state index contributed by atoms with van der Waals surface area (Å²) in [7, 11) is 1.94. The number of nitrogens with zero attached hydrogens (tertiary/aromatic N) is 3. The average molecular weight is 329 g/mol. The molecule has 0 spiro atoms. The molecule has 0 fully saturated rings. The SMILES string of the molecule is Cc1cc(C(=O)NCCc2nccn2C)c2cccc(Cl)c2n1. The third kappa shape index (κ3) is 3.19. The number of carbonyl (C=O) groups is 1. The highest BCUT2D eigenvalue weighted by Gasteiger charge is 2.13. The first-order chi connectivity index (χ1) is 11.1. The smallest absolute Gasteiger partial charge is 0.252 e. The summed E-state index contributed by atoms with van der Waals surface area (Å²) in [5.74, 6) is 0.807. The fourth-order valence-corrected chi connectivity index (χ4v) is 2.77. The van der Waals surface area contributed by atoms with E-state index in [1.807, 2.05) is 36.9 Å². The third-order valence-corrected chi connectivity index (χ3v) is 4.02. The number of fused-ring (bicyclic) bond motifs is 1. The quantitative estimate of drug-likeness (QED) is 0.801. The lowest BCUT2D eigenvalue weighted by Crippen LogP contribution is -2.26. The Morgan fingerprint density at radius 2 is 2.22 bits per heavy atom. The van der Waals surface area contributed by atoms with Gasteiger partial charge in [-0.25, -0.2) is 4.98 Å². The van der Waals surface area contributed by atoms with Crippen LogP contribution in [0.1, 0.15) is 21.9 Å². The topological polar surface area (TPSA) is 59.8 Å². The summed E-state index contributed by atoms with van der Waals surface area (Å²) in [5.41, 5.74) is 2.01. The Balaban J connectivity index is 1.81. The Morgan fingerprint density at radius 1 is 1.39 bits per heavy atom. The van der Waals surface area contributed by atoms with Crippen LogP contribution in [0.2, 0.25) is 5.02 Å². The van der Waals surface area contributed by atoms with Crippen LogP contribution in [-0.4, -0.2) is 27.0 Å². The van der Waals surface area contributed by atoms with Gasteiger partial charge in [-0.2, -0.15) is 0 Å². The van der Waals surface area contributed by atoms with Crippen LogP contribution < -0.4 is 5.32 Å². The molecule has 1 amide bonds. The molecule has 3 aromatic rings. The molecule has 0 atom stereocenters. The number of para-hydroxylation sites is 1. The van der Waals surface area contributed by atoms with Crippen molar-refractivity contribution in [2.75, 3.05) is 6.54 Å². The summed E-state index contributed by atoms with van der Waals surface area (Å²) in [4.78, 5) is 21.2. The van der Waals surface area contributed by atoms with E-state index in [0.29, 0.717) is 29.1 Å². The van der Waals surface area contributed by atoms with Crippen molar-refractivity contribution in [1.82, 2.24) is 19.9 Å². The lowest BCUT2D eigenvalue weighted by Gasteiger charge is -2.10. The molecule has 0 saturated carbocycles. The number of halogens is 1. The molecule has 0 aliphatic carbocycles. The summed E-state index contributed by atoms with van der Waals surface area (Å²) in [6.07, 6.45) is 4.32. The van der Waals surface area contributed by atoms with E-state index in [9.17, 15) is 4.79 Å². The number of carbonyl (C=O) groups excluding carboxylic acids is 1. The van der Waals surface area contributed by atoms with E-state index in [2.05, 4.69) is 15.3 Å². The molecular formula is C17H17ClN4O. The third-order valence-electron chi connectivity index (χ3n) is 3.72. The van der Waals surface area contributed by atoms with Gasteiger partial charge in [0.25, 0.3) is 5.91 Å². The fourth-order valence-electron chi connectivity index (χ4n) is 2.55. The van der Waals surface area contributed by atoms with Gasteiger partial charge in [0.2, 0.25) is 0 Å². The van der Waals surface area contributed by atoms with E-state index in [4.69, 9.17) is 11.6 Å². The number of hydrogen-bond acceptors (Lipinski definition) is 3. The maximum Gasteiger partial charge on any atom is 0.252 e. The Kier molecular flexibility index (Phi) is 4.30. The van der Waals surface area contributed by atoms with Crippen molar-refractivity contribution in [3.63, 3.8) is 0 Å². The summed E-state index contributed by atoms with van der Waals surface area (Å²) >= 11 is 6.19. The number of aromatic nitrogens is 3. The lowest BCUT2D eigenvalue weighted by atomic mass is 10.1. The monoisotopic (exact) mass is 328 g/mol. The maximum atomic E-state index is 12.5. The summed E-state index contributed by atoms with van der Waals surface area (Å²) in [6.45, 7) is 2.38. The van der Waals surface area contributed by atoms with Crippen molar-refractivity contribution in [2.24, 2.45) is 7.05 Å². The van der Waals surface area contributed by atoms with E-state index in [1.165, 1.54) is 0 Å². The van der Waals surface area contributed by atoms with Gasteiger partial charge in [-0.15, -0.1) is 0 Å². The lowest BCUT2D eigenvalue weighted by molar-refractivity contribution is 0.0955. The number of rotatable bonds is 4. The maximum absolute atomic E-state index is 12.5. The van der Waals surface area contributed by atoms with Gasteiger partial charge < -0.3 is 9.88 Å². The van der Waals surface area contributed by atoms with Gasteiger partial charge >= 0.3 is 0 Å². The first-order valence-corrected chi connectivity index (χ1v) is 7.74. The molecule has 0 aliphatic rings. The first-order valence-electron chi connectivity index (χ1n) is 7.36. The Hall–Kier alpha value is -2.40. The highest BCUT2D eigenvalue weighted by molar-refractivity contribution is 6.35. The number of aryl methyl sites for hydroxylation is 2. The standard InChI is InChI=1S/C17H17ClN4O/c1-11-10-13(12-4-3-5-14(18)16(12)21-11)17(23)20-7-6-15-19-8-9-22(15)2/h3-5,8-10H,6-7H2,1-2H3,(H,20,23). The molecule has 0 bridgehead atoms. The van der Waals surface area contributed by atoms with Crippen molar-refractivity contribution in [3.05, 3.63) is 58.8 Å². The summed E-state index contributed by atoms with van der Waals surface area (Å²) < 4.78 is 1.94. The van der Waals surface area contributed by atoms with Crippen LogP contribution in [0.3, 0.4) is 0 Å². The predicted molar refractivity (Wildman–Crippen MR) is 90.7 cm³/mol. The number of imidazole rings is 1. The summed E-state index contributed by atoms with van der Waals surface area (Å²) in [5, 5.41) is 4.25. The largest absolute Gasteiger partial charge is 0.352 e. The van der Waals surface area contributed by atoms with Gasteiger partial charge in [-0.1, -0.05) is 23.7 Å². The Morgan fingerprint density at radius 3 is 2.96 bits per heavy atom. The normalized spacial score (nSPS) is 10.9. The highest BCUT2D eigenvalue weighted by Crippen LogP contribution is 2.25. The zero-order valence-corrected chi connectivity index (χ0v) is 13.8. The predicted octanol–water partition coefficient (Wildman–Crippen LogP) is 2.90. The van der Waals surface area contributed by atoms with Crippen molar-refractivity contribution in [3.8, 4) is 0 Å².